The molecule has 0 aromatic heterocycles. The minimum Gasteiger partial charge on any atom is -0.295 e. The summed E-state index contributed by atoms with van der Waals surface area (Å²) in [4.78, 5) is 11.4. The Labute approximate surface area is 95.5 Å². The van der Waals surface area contributed by atoms with Crippen molar-refractivity contribution in [3.63, 3.8) is 0 Å². The summed E-state index contributed by atoms with van der Waals surface area (Å²) in [6, 6.07) is 11.5. The van der Waals surface area contributed by atoms with Gasteiger partial charge in [0.15, 0.2) is 5.78 Å². The second kappa shape index (κ2) is 5.67. The summed E-state index contributed by atoms with van der Waals surface area (Å²) in [5.74, 6) is -0.0275. The van der Waals surface area contributed by atoms with Crippen molar-refractivity contribution < 1.29 is 4.79 Å². The van der Waals surface area contributed by atoms with E-state index in [0.29, 0.717) is 17.6 Å². The standard InChI is InChI=1S/C14H13NO/c1-11(10-15)8-14(12(2)16)9-13-6-4-3-5-7-13/h3-7,9H,1,8H2,2H3/b14-9-. The van der Waals surface area contributed by atoms with E-state index < -0.39 is 0 Å². The van der Waals surface area contributed by atoms with Crippen LogP contribution in [0.3, 0.4) is 0 Å². The minimum atomic E-state index is -0.0275. The van der Waals surface area contributed by atoms with E-state index in [1.165, 1.54) is 6.92 Å². The van der Waals surface area contributed by atoms with Gasteiger partial charge < -0.3 is 0 Å². The molecule has 0 N–H and O–H groups in total. The van der Waals surface area contributed by atoms with Crippen LogP contribution in [-0.2, 0) is 4.79 Å². The molecule has 0 saturated heterocycles. The summed E-state index contributed by atoms with van der Waals surface area (Å²) in [5, 5.41) is 8.64. The predicted molar refractivity (Wildman–Crippen MR) is 64.5 cm³/mol. The fraction of sp³-hybridized carbons (Fsp3) is 0.143. The topological polar surface area (TPSA) is 40.9 Å². The molecule has 0 amide bonds. The highest BCUT2D eigenvalue weighted by molar-refractivity contribution is 5.98. The van der Waals surface area contributed by atoms with Crippen molar-refractivity contribution in [2.24, 2.45) is 0 Å². The molecule has 0 aliphatic carbocycles. The van der Waals surface area contributed by atoms with E-state index in [-0.39, 0.29) is 5.78 Å². The number of carbonyl (C=O) groups is 1. The first-order valence-electron chi connectivity index (χ1n) is 4.98. The van der Waals surface area contributed by atoms with Crippen LogP contribution >= 0.6 is 0 Å². The number of benzene rings is 1. The van der Waals surface area contributed by atoms with Gasteiger partial charge >= 0.3 is 0 Å². The number of carbonyl (C=O) groups excluding carboxylic acids is 1. The number of nitrogens with zero attached hydrogens (tertiary/aromatic N) is 1. The van der Waals surface area contributed by atoms with Gasteiger partial charge in [-0.15, -0.1) is 0 Å². The Morgan fingerprint density at radius 1 is 1.44 bits per heavy atom. The van der Waals surface area contributed by atoms with Crippen LogP contribution in [0.15, 0.2) is 48.1 Å². The van der Waals surface area contributed by atoms with Crippen LogP contribution in [0.1, 0.15) is 18.9 Å². The molecule has 2 heteroatoms. The van der Waals surface area contributed by atoms with Crippen molar-refractivity contribution in [2.75, 3.05) is 0 Å². The Kier molecular flexibility index (Phi) is 4.23. The number of allylic oxidation sites excluding steroid dienone is 2. The summed E-state index contributed by atoms with van der Waals surface area (Å²) < 4.78 is 0. The molecule has 0 unspecified atom stereocenters. The molecule has 16 heavy (non-hydrogen) atoms. The van der Waals surface area contributed by atoms with Crippen molar-refractivity contribution in [1.82, 2.24) is 0 Å². The lowest BCUT2D eigenvalue weighted by atomic mass is 10.0. The molecule has 0 spiro atoms. The highest BCUT2D eigenvalue weighted by atomic mass is 16.1. The lowest BCUT2D eigenvalue weighted by Gasteiger charge is -2.02. The molecule has 0 bridgehead atoms. The molecule has 1 rings (SSSR count). The van der Waals surface area contributed by atoms with Crippen molar-refractivity contribution in [3.8, 4) is 6.07 Å². The molecule has 2 nitrogen and oxygen atoms in total. The lowest BCUT2D eigenvalue weighted by molar-refractivity contribution is -0.113. The van der Waals surface area contributed by atoms with Crippen LogP contribution in [0.4, 0.5) is 0 Å². The van der Waals surface area contributed by atoms with E-state index in [9.17, 15) is 4.79 Å². The van der Waals surface area contributed by atoms with E-state index in [1.54, 1.807) is 6.08 Å². The molecule has 0 heterocycles. The van der Waals surface area contributed by atoms with Crippen molar-refractivity contribution in [3.05, 3.63) is 53.6 Å². The second-order valence-corrected chi connectivity index (χ2v) is 3.53. The predicted octanol–water partition coefficient (Wildman–Crippen LogP) is 3.13. The van der Waals surface area contributed by atoms with Gasteiger partial charge in [0.2, 0.25) is 0 Å². The second-order valence-electron chi connectivity index (χ2n) is 3.53. The first kappa shape index (κ1) is 11.9. The number of nitriles is 1. The zero-order valence-electron chi connectivity index (χ0n) is 9.23. The summed E-state index contributed by atoms with van der Waals surface area (Å²) in [6.07, 6.45) is 2.12. The molecule has 1 aromatic rings. The van der Waals surface area contributed by atoms with Gasteiger partial charge in [-0.1, -0.05) is 36.9 Å². The third kappa shape index (κ3) is 3.55. The molecule has 0 atom stereocenters. The molecular weight excluding hydrogens is 198 g/mol. The van der Waals surface area contributed by atoms with Crippen LogP contribution in [0.5, 0.6) is 0 Å². The van der Waals surface area contributed by atoms with Crippen molar-refractivity contribution in [1.29, 1.82) is 5.26 Å². The average molecular weight is 211 g/mol. The molecule has 1 aromatic carbocycles. The van der Waals surface area contributed by atoms with Crippen molar-refractivity contribution in [2.45, 2.75) is 13.3 Å². The molecule has 0 aliphatic rings. The van der Waals surface area contributed by atoms with E-state index in [1.807, 2.05) is 36.4 Å². The third-order valence-corrected chi connectivity index (χ3v) is 2.15. The molecule has 80 valence electrons. The number of ketones is 1. The fourth-order valence-corrected chi connectivity index (χ4v) is 1.30. The first-order valence-corrected chi connectivity index (χ1v) is 4.98. The summed E-state index contributed by atoms with van der Waals surface area (Å²) in [7, 11) is 0. The zero-order chi connectivity index (χ0) is 12.0. The summed E-state index contributed by atoms with van der Waals surface area (Å²) in [5.41, 5.74) is 1.97. The van der Waals surface area contributed by atoms with Crippen LogP contribution < -0.4 is 0 Å². The fourth-order valence-electron chi connectivity index (χ4n) is 1.30. The largest absolute Gasteiger partial charge is 0.295 e. The summed E-state index contributed by atoms with van der Waals surface area (Å²) >= 11 is 0. The number of rotatable bonds is 4. The Balaban J connectivity index is 2.95. The maximum absolute atomic E-state index is 11.4. The van der Waals surface area contributed by atoms with E-state index in [4.69, 9.17) is 5.26 Å². The van der Waals surface area contributed by atoms with Gasteiger partial charge in [-0.25, -0.2) is 0 Å². The van der Waals surface area contributed by atoms with Gasteiger partial charge in [-0.2, -0.15) is 5.26 Å². The maximum atomic E-state index is 11.4. The first-order chi connectivity index (χ1) is 7.63. The Morgan fingerprint density at radius 3 is 2.56 bits per heavy atom. The number of hydrogen-bond acceptors (Lipinski definition) is 2. The lowest BCUT2D eigenvalue weighted by Crippen LogP contribution is -1.97. The van der Waals surface area contributed by atoms with Gasteiger partial charge in [0.25, 0.3) is 0 Å². The van der Waals surface area contributed by atoms with Gasteiger partial charge in [0.05, 0.1) is 6.07 Å². The highest BCUT2D eigenvalue weighted by Gasteiger charge is 2.05. The van der Waals surface area contributed by atoms with E-state index in [2.05, 4.69) is 6.58 Å². The molecule has 0 radical (unpaired) electrons. The van der Waals surface area contributed by atoms with Gasteiger partial charge in [0.1, 0.15) is 0 Å². The van der Waals surface area contributed by atoms with Crippen LogP contribution in [0.2, 0.25) is 0 Å². The number of hydrogen-bond donors (Lipinski definition) is 0. The van der Waals surface area contributed by atoms with Gasteiger partial charge in [-0.05, 0) is 18.6 Å². The SMILES string of the molecule is C=C(C#N)C/C(=C/c1ccccc1)C(C)=O. The van der Waals surface area contributed by atoms with Gasteiger partial charge in [0, 0.05) is 17.6 Å². The Morgan fingerprint density at radius 2 is 2.06 bits per heavy atom. The monoisotopic (exact) mass is 211 g/mol. The van der Waals surface area contributed by atoms with Gasteiger partial charge in [-0.3, -0.25) is 4.79 Å². The average Bonchev–Trinajstić information content (AvgIpc) is 2.29. The van der Waals surface area contributed by atoms with E-state index >= 15 is 0 Å². The molecule has 0 saturated carbocycles. The molecule has 0 fully saturated rings. The van der Waals surface area contributed by atoms with Crippen LogP contribution in [0.25, 0.3) is 6.08 Å². The zero-order valence-corrected chi connectivity index (χ0v) is 9.23. The molecule has 0 aliphatic heterocycles. The van der Waals surface area contributed by atoms with E-state index in [0.717, 1.165) is 5.56 Å². The third-order valence-electron chi connectivity index (χ3n) is 2.15. The maximum Gasteiger partial charge on any atom is 0.156 e. The summed E-state index contributed by atoms with van der Waals surface area (Å²) in [6.45, 7) is 5.08. The molecular formula is C14H13NO. The highest BCUT2D eigenvalue weighted by Crippen LogP contribution is 2.14. The quantitative estimate of drug-likeness (QED) is 0.567. The van der Waals surface area contributed by atoms with Crippen LogP contribution in [-0.4, -0.2) is 5.78 Å². The Bertz CT molecular complexity index is 463. The minimum absolute atomic E-state index is 0.0275. The Hall–Kier alpha value is -2.14. The normalized spacial score (nSPS) is 10.6. The van der Waals surface area contributed by atoms with Crippen LogP contribution in [0, 0.1) is 11.3 Å². The smallest absolute Gasteiger partial charge is 0.156 e. The van der Waals surface area contributed by atoms with Crippen molar-refractivity contribution >= 4 is 11.9 Å². The number of Topliss-reactive ketones (excluding diaryl/α,β-unsaturated/α-hetero) is 1.